The molecule has 2 amide bonds. The summed E-state index contributed by atoms with van der Waals surface area (Å²) in [5.41, 5.74) is 6.82. The van der Waals surface area contributed by atoms with Crippen molar-refractivity contribution >= 4 is 23.9 Å². The molecule has 63 heavy (non-hydrogen) atoms. The number of ketones is 1. The van der Waals surface area contributed by atoms with Crippen LogP contribution in [0, 0.1) is 17.8 Å². The van der Waals surface area contributed by atoms with Crippen molar-refractivity contribution in [2.75, 3.05) is 27.7 Å². The van der Waals surface area contributed by atoms with Crippen molar-refractivity contribution in [2.24, 2.45) is 17.8 Å². The van der Waals surface area contributed by atoms with Crippen molar-refractivity contribution < 1.29 is 19.2 Å². The van der Waals surface area contributed by atoms with Crippen LogP contribution in [0.15, 0.2) is 104 Å². The van der Waals surface area contributed by atoms with Crippen LogP contribution in [0.25, 0.3) is 0 Å². The van der Waals surface area contributed by atoms with Gasteiger partial charge in [0.05, 0.1) is 6.04 Å². The molecular formula is C55H90N4O4. The molecule has 4 unspecified atom stereocenters. The summed E-state index contributed by atoms with van der Waals surface area (Å²) in [6.45, 7) is 36.9. The molecule has 1 heterocycles. The predicted molar refractivity (Wildman–Crippen MR) is 271 cm³/mol. The third kappa shape index (κ3) is 24.8. The number of fused-ring (bicyclic) bond motifs is 1. The predicted octanol–water partition coefficient (Wildman–Crippen LogP) is 12.1. The number of aldehydes is 1. The second kappa shape index (κ2) is 35.9. The fourth-order valence-corrected chi connectivity index (χ4v) is 7.04. The van der Waals surface area contributed by atoms with Crippen molar-refractivity contribution in [1.29, 1.82) is 0 Å². The topological polar surface area (TPSA) is 98.8 Å². The molecule has 0 spiro atoms. The average molecular weight is 871 g/mol. The number of allylic oxidation sites excluding steroid dienone is 4. The quantitative estimate of drug-likeness (QED) is 0.0829. The Hall–Kier alpha value is -4.56. The molecule has 2 N–H and O–H groups in total. The van der Waals surface area contributed by atoms with E-state index in [2.05, 4.69) is 88.9 Å². The van der Waals surface area contributed by atoms with Gasteiger partial charge in [-0.1, -0.05) is 148 Å². The molecule has 1 fully saturated rings. The van der Waals surface area contributed by atoms with Crippen LogP contribution in [0.1, 0.15) is 150 Å². The van der Waals surface area contributed by atoms with E-state index < -0.39 is 6.04 Å². The number of nitrogens with zero attached hydrogens (tertiary/aromatic N) is 2. The number of amides is 2. The molecule has 8 heteroatoms. The highest BCUT2D eigenvalue weighted by molar-refractivity contribution is 5.90. The van der Waals surface area contributed by atoms with E-state index in [9.17, 15) is 19.2 Å². The zero-order valence-corrected chi connectivity index (χ0v) is 42.2. The largest absolute Gasteiger partial charge is 0.377 e. The van der Waals surface area contributed by atoms with Gasteiger partial charge in [0.1, 0.15) is 18.4 Å². The molecule has 4 atom stereocenters. The van der Waals surface area contributed by atoms with Crippen molar-refractivity contribution in [3.63, 3.8) is 0 Å². The number of benzene rings is 2. The summed E-state index contributed by atoms with van der Waals surface area (Å²) in [5, 5.41) is 6.17. The molecule has 0 bridgehead atoms. The van der Waals surface area contributed by atoms with Crippen molar-refractivity contribution in [2.45, 2.75) is 158 Å². The van der Waals surface area contributed by atoms with Crippen LogP contribution in [0.3, 0.4) is 0 Å². The van der Waals surface area contributed by atoms with Gasteiger partial charge in [-0.25, -0.2) is 0 Å². The minimum Gasteiger partial charge on any atom is -0.377 e. The highest BCUT2D eigenvalue weighted by Gasteiger charge is 2.40. The molecule has 1 aliphatic carbocycles. The molecule has 2 aliphatic rings. The number of Topliss-reactive ketones (excluding diaryl/α,β-unsaturated/α-hetero) is 1. The Bertz CT molecular complexity index is 1600. The van der Waals surface area contributed by atoms with Gasteiger partial charge in [0.2, 0.25) is 11.8 Å². The van der Waals surface area contributed by atoms with Gasteiger partial charge in [-0.2, -0.15) is 0 Å². The Kier molecular flexibility index (Phi) is 34.4. The first-order chi connectivity index (χ1) is 30.0. The lowest BCUT2D eigenvalue weighted by molar-refractivity contribution is -0.139. The van der Waals surface area contributed by atoms with E-state index in [0.29, 0.717) is 24.8 Å². The summed E-state index contributed by atoms with van der Waals surface area (Å²) in [7, 11) is 6.00. The monoisotopic (exact) mass is 871 g/mol. The number of hydrogen-bond donors (Lipinski definition) is 2. The second-order valence-electron chi connectivity index (χ2n) is 16.8. The lowest BCUT2D eigenvalue weighted by atomic mass is 9.91. The maximum absolute atomic E-state index is 13.5. The zero-order valence-electron chi connectivity index (χ0n) is 42.2. The minimum absolute atomic E-state index is 0.0706. The first kappa shape index (κ1) is 60.5. The minimum atomic E-state index is -0.523. The molecule has 0 radical (unpaired) electrons. The fraction of sp³-hybridized carbons (Fsp3) is 0.564. The van der Waals surface area contributed by atoms with Crippen molar-refractivity contribution in [3.05, 3.63) is 121 Å². The second-order valence-corrected chi connectivity index (χ2v) is 16.8. The highest BCUT2D eigenvalue weighted by Crippen LogP contribution is 2.31. The molecular weight excluding hydrogens is 781 g/mol. The van der Waals surface area contributed by atoms with Gasteiger partial charge in [-0.3, -0.25) is 14.4 Å². The summed E-state index contributed by atoms with van der Waals surface area (Å²) in [6, 6.07) is 16.6. The Morgan fingerprint density at radius 1 is 0.841 bits per heavy atom. The maximum Gasteiger partial charge on any atom is 0.245 e. The van der Waals surface area contributed by atoms with Gasteiger partial charge < -0.3 is 25.2 Å². The summed E-state index contributed by atoms with van der Waals surface area (Å²) >= 11 is 0. The number of carbonyl (C=O) groups is 4. The summed E-state index contributed by atoms with van der Waals surface area (Å²) in [6.07, 6.45) is 12.6. The van der Waals surface area contributed by atoms with Crippen LogP contribution in [-0.2, 0) is 32.0 Å². The molecule has 1 saturated heterocycles. The number of nitrogens with one attached hydrogen (secondary N) is 2. The van der Waals surface area contributed by atoms with Gasteiger partial charge in [0, 0.05) is 18.7 Å². The molecule has 354 valence electrons. The smallest absolute Gasteiger partial charge is 0.245 e. The van der Waals surface area contributed by atoms with Crippen LogP contribution in [0.4, 0.5) is 0 Å². The molecule has 0 aromatic heterocycles. The third-order valence-corrected chi connectivity index (χ3v) is 10.6. The number of likely N-dealkylation sites (tertiary alicyclic amines) is 1. The van der Waals surface area contributed by atoms with Gasteiger partial charge in [-0.15, -0.1) is 6.58 Å². The lowest BCUT2D eigenvalue weighted by Gasteiger charge is -2.32. The summed E-state index contributed by atoms with van der Waals surface area (Å²) in [4.78, 5) is 51.6. The Morgan fingerprint density at radius 2 is 1.38 bits per heavy atom. The van der Waals surface area contributed by atoms with E-state index in [0.717, 1.165) is 81.8 Å². The average Bonchev–Trinajstić information content (AvgIpc) is 3.96. The van der Waals surface area contributed by atoms with E-state index in [1.807, 2.05) is 102 Å². The third-order valence-electron chi connectivity index (χ3n) is 10.6. The van der Waals surface area contributed by atoms with Gasteiger partial charge in [0.15, 0.2) is 5.78 Å². The van der Waals surface area contributed by atoms with Crippen LogP contribution >= 0.6 is 0 Å². The number of rotatable bonds is 19. The Morgan fingerprint density at radius 3 is 1.84 bits per heavy atom. The Balaban J connectivity index is 0. The first-order valence-corrected chi connectivity index (χ1v) is 23.7. The highest BCUT2D eigenvalue weighted by atomic mass is 16.2. The van der Waals surface area contributed by atoms with Gasteiger partial charge in [0.25, 0.3) is 0 Å². The zero-order chi connectivity index (χ0) is 48.5. The van der Waals surface area contributed by atoms with Crippen molar-refractivity contribution in [1.82, 2.24) is 20.4 Å². The molecule has 2 aromatic rings. The van der Waals surface area contributed by atoms with Gasteiger partial charge in [-0.05, 0) is 132 Å². The molecule has 4 rings (SSSR count). The van der Waals surface area contributed by atoms with Gasteiger partial charge >= 0.3 is 0 Å². The number of hydrogen-bond acceptors (Lipinski definition) is 6. The molecule has 1 aliphatic heterocycles. The number of carbonyl (C=O) groups excluding carboxylic acids is 4. The SMILES string of the molecule is C=C(CCC(C)C)NC(C(=O)N1CCCC1C(C)=O)C1Cc2ccccc2C1.C=CCCC(C)C(=C)C(=C)CC.CC.CC.CCCC(=O)NC(C=O)c1ccccc1.CN(C)C. The lowest BCUT2D eigenvalue weighted by Crippen LogP contribution is -2.53. The normalized spacial score (nSPS) is 14.9. The molecule has 8 nitrogen and oxygen atoms in total. The molecule has 0 saturated carbocycles. The van der Waals surface area contributed by atoms with E-state index in [4.69, 9.17) is 0 Å². The van der Waals surface area contributed by atoms with Crippen LogP contribution in [0.5, 0.6) is 0 Å². The van der Waals surface area contributed by atoms with E-state index in [1.54, 1.807) is 6.92 Å². The van der Waals surface area contributed by atoms with E-state index in [1.165, 1.54) is 22.3 Å². The van der Waals surface area contributed by atoms with Crippen LogP contribution in [0.2, 0.25) is 0 Å². The summed E-state index contributed by atoms with van der Waals surface area (Å²) in [5.74, 6) is 1.44. The molecule has 2 aromatic carbocycles. The maximum atomic E-state index is 13.5. The fourth-order valence-electron chi connectivity index (χ4n) is 7.04. The standard InChI is InChI=1S/C24H34N2O2.C12H15NO2.C12H20.C3H9N.2C2H6/c1-16(2)11-12-17(3)25-23(21-14-19-8-5-6-9-20(19)15-21)24(28)26-13-7-10-22(26)18(4)27;1-2-6-12(15)13-11(9-14)10-7-4-3-5-8-10;1-6-8-9-11(4)12(5)10(3)7-2;1-4(2)3;2*1-2/h5-6,8-9,16,21-23,25H,3,7,10-15H2,1-2,4H3;3-5,7-9,11H,2,6H2,1H3,(H,13,15);6,11H,1,3,5,7-9H2,2,4H3;1-3H3;2*1-2H3. The first-order valence-electron chi connectivity index (χ1n) is 23.7. The Labute approximate surface area is 386 Å². The summed E-state index contributed by atoms with van der Waals surface area (Å²) < 4.78 is 0. The van der Waals surface area contributed by atoms with Crippen LogP contribution < -0.4 is 10.6 Å². The van der Waals surface area contributed by atoms with E-state index in [-0.39, 0.29) is 35.6 Å². The van der Waals surface area contributed by atoms with Crippen molar-refractivity contribution in [3.8, 4) is 0 Å². The van der Waals surface area contributed by atoms with E-state index >= 15 is 0 Å². The van der Waals surface area contributed by atoms with Crippen LogP contribution in [-0.4, -0.2) is 73.5 Å².